The number of oxime groups is 1. The lowest BCUT2D eigenvalue weighted by atomic mass is 9.74. The number of hydrogen-bond acceptors (Lipinski definition) is 23. The average molecular weight is 1310 g/mol. The van der Waals surface area contributed by atoms with E-state index in [0.717, 1.165) is 12.8 Å². The lowest BCUT2D eigenvalue weighted by Gasteiger charge is -2.45. The molecule has 22 atom stereocenters. The predicted octanol–water partition coefficient (Wildman–Crippen LogP) is 6.31. The van der Waals surface area contributed by atoms with Crippen LogP contribution in [0.4, 0.5) is 4.79 Å². The second kappa shape index (κ2) is 33.6. The summed E-state index contributed by atoms with van der Waals surface area (Å²) in [7, 11) is 0.208. The normalized spacial score (nSPS) is 37.4. The molecule has 1 amide bonds. The van der Waals surface area contributed by atoms with E-state index in [1.165, 1.54) is 40.4 Å². The van der Waals surface area contributed by atoms with E-state index < -0.39 is 160 Å². The number of aliphatic hydroxyl groups excluding tert-OH is 2. The van der Waals surface area contributed by atoms with Crippen molar-refractivity contribution >= 4 is 39.6 Å². The van der Waals surface area contributed by atoms with Gasteiger partial charge in [0.05, 0.1) is 65.1 Å². The Morgan fingerprint density at radius 2 is 1.48 bits per heavy atom. The molecule has 91 heavy (non-hydrogen) atoms. The summed E-state index contributed by atoms with van der Waals surface area (Å²) >= 11 is 0. The Labute approximate surface area is 539 Å². The maximum Gasteiger partial charge on any atom is 0.408 e. The number of carbonyl (C=O) groups is 4. The van der Waals surface area contributed by atoms with Crippen molar-refractivity contribution in [2.75, 3.05) is 54.2 Å². The van der Waals surface area contributed by atoms with Crippen molar-refractivity contribution in [3.63, 3.8) is 0 Å². The van der Waals surface area contributed by atoms with Gasteiger partial charge in [-0.05, 0) is 98.6 Å². The standard InChI is InChI=1S/C65H108N4O21S/c1-35(2)28-49(70)86-55-42(9)54(37(4)33-82-62-58(79-17)57(78-16)51(71)45(12)85-62)88-60(74)44(11)56(87-50-29-38(5)69(32-40(7)83-50)46-24-26-81-27-25-46)41(8)53(89-61-52(72)48(68-80-18)30-39(6)84-61)36(3)31-65(15,59(73)43(55)10)90-63(75)67-64(13,14)34-66-91(76,77)47-22-20-19-21-23-47/h19-23,35-46,50-58,61-62,66,71-72H,24-34H2,1-18H3,(H,67,75)/t36?,37?,38?,39-,40+,41?,42?,43?,44?,45-,50+,51-,52-,53?,54?,55?,56?,57-,58-,61+,62-,65?/m1/s1. The van der Waals surface area contributed by atoms with Crippen LogP contribution in [0.5, 0.6) is 0 Å². The largest absolute Gasteiger partial charge is 0.461 e. The molecule has 5 saturated heterocycles. The molecular weight excluding hydrogens is 1200 g/mol. The van der Waals surface area contributed by atoms with Crippen molar-refractivity contribution in [2.24, 2.45) is 46.6 Å². The first-order valence-electron chi connectivity index (χ1n) is 32.5. The number of hydrogen-bond donors (Lipinski definition) is 4. The molecule has 5 aliphatic rings. The first kappa shape index (κ1) is 76.0. The summed E-state index contributed by atoms with van der Waals surface area (Å²) in [4.78, 5) is 68.4. The van der Waals surface area contributed by atoms with Crippen LogP contribution < -0.4 is 10.0 Å². The van der Waals surface area contributed by atoms with Crippen molar-refractivity contribution in [2.45, 2.75) is 257 Å². The highest BCUT2D eigenvalue weighted by atomic mass is 32.2. The summed E-state index contributed by atoms with van der Waals surface area (Å²) in [5.74, 6) is -8.16. The molecule has 6 rings (SSSR count). The van der Waals surface area contributed by atoms with Crippen LogP contribution in [0.1, 0.15) is 142 Å². The third-order valence-corrected chi connectivity index (χ3v) is 19.9. The zero-order chi connectivity index (χ0) is 67.4. The van der Waals surface area contributed by atoms with Gasteiger partial charge >= 0.3 is 18.0 Å². The molecule has 5 aliphatic heterocycles. The Hall–Kier alpha value is -4.00. The van der Waals surface area contributed by atoms with Gasteiger partial charge in [-0.2, -0.15) is 0 Å². The number of Topliss-reactive ketones (excluding diaryl/α,β-unsaturated/α-hetero) is 1. The lowest BCUT2D eigenvalue weighted by molar-refractivity contribution is -0.305. The maximum atomic E-state index is 16.1. The monoisotopic (exact) mass is 1310 g/mol. The Kier molecular flexibility index (Phi) is 28.1. The molecule has 26 heteroatoms. The van der Waals surface area contributed by atoms with Crippen LogP contribution in [-0.4, -0.2) is 217 Å². The van der Waals surface area contributed by atoms with Crippen LogP contribution in [0, 0.1) is 41.4 Å². The molecule has 0 spiro atoms. The number of rotatable bonds is 21. The highest BCUT2D eigenvalue weighted by Crippen LogP contribution is 2.41. The third-order valence-electron chi connectivity index (χ3n) is 18.5. The minimum atomic E-state index is -4.04. The fourth-order valence-electron chi connectivity index (χ4n) is 13.6. The number of ether oxygens (including phenoxy) is 12. The summed E-state index contributed by atoms with van der Waals surface area (Å²) in [5, 5.41) is 29.9. The first-order valence-corrected chi connectivity index (χ1v) is 34.0. The fourth-order valence-corrected chi connectivity index (χ4v) is 14.9. The van der Waals surface area contributed by atoms with E-state index in [0.29, 0.717) is 26.2 Å². The summed E-state index contributed by atoms with van der Waals surface area (Å²) in [6.07, 6.45) is -13.1. The van der Waals surface area contributed by atoms with E-state index in [1.807, 2.05) is 27.7 Å². The van der Waals surface area contributed by atoms with Crippen LogP contribution >= 0.6 is 0 Å². The molecule has 1 aromatic carbocycles. The second-order valence-electron chi connectivity index (χ2n) is 27.4. The van der Waals surface area contributed by atoms with Crippen molar-refractivity contribution in [3.8, 4) is 0 Å². The number of amides is 1. The van der Waals surface area contributed by atoms with Gasteiger partial charge in [0.1, 0.15) is 43.7 Å². The molecule has 5 heterocycles. The van der Waals surface area contributed by atoms with E-state index in [1.54, 1.807) is 80.5 Å². The van der Waals surface area contributed by atoms with Gasteiger partial charge in [0.25, 0.3) is 0 Å². The van der Waals surface area contributed by atoms with E-state index >= 15 is 9.59 Å². The smallest absolute Gasteiger partial charge is 0.408 e. The summed E-state index contributed by atoms with van der Waals surface area (Å²) in [6.45, 7) is 27.7. The number of benzene rings is 1. The number of alkyl carbamates (subject to hydrolysis) is 1. The minimum absolute atomic E-state index is 0.0125. The maximum absolute atomic E-state index is 16.1. The zero-order valence-corrected chi connectivity index (χ0v) is 57.7. The summed E-state index contributed by atoms with van der Waals surface area (Å²) in [5.41, 5.74) is -3.20. The number of carbonyl (C=O) groups excluding carboxylic acids is 4. The van der Waals surface area contributed by atoms with Gasteiger partial charge in [-0.15, -0.1) is 0 Å². The number of nitrogens with zero attached hydrogens (tertiary/aromatic N) is 2. The number of aliphatic hydroxyl groups is 2. The van der Waals surface area contributed by atoms with Gasteiger partial charge in [-0.25, -0.2) is 17.9 Å². The van der Waals surface area contributed by atoms with Crippen LogP contribution in [0.15, 0.2) is 40.4 Å². The Bertz CT molecular complexity index is 2630. The Morgan fingerprint density at radius 1 is 0.824 bits per heavy atom. The van der Waals surface area contributed by atoms with E-state index in [2.05, 4.69) is 27.0 Å². The van der Waals surface area contributed by atoms with Gasteiger partial charge in [0.15, 0.2) is 30.3 Å². The number of sulfonamides is 1. The number of nitrogens with one attached hydrogen (secondary N) is 2. The molecule has 12 unspecified atom stereocenters. The zero-order valence-electron chi connectivity index (χ0n) is 56.9. The average Bonchev–Trinajstić information content (AvgIpc) is 1.01. The van der Waals surface area contributed by atoms with Gasteiger partial charge in [0.2, 0.25) is 10.0 Å². The fraction of sp³-hybridized carbons (Fsp3) is 0.831. The Balaban J connectivity index is 1.51. The molecular formula is C65H108N4O21S. The van der Waals surface area contributed by atoms with Crippen molar-refractivity contribution in [3.05, 3.63) is 30.3 Å². The molecule has 0 radical (unpaired) electrons. The molecule has 5 fully saturated rings. The summed E-state index contributed by atoms with van der Waals surface area (Å²) in [6, 6.07) is 7.94. The third kappa shape index (κ3) is 20.0. The number of esters is 2. The topological polar surface area (TPSA) is 303 Å². The van der Waals surface area contributed by atoms with Crippen molar-refractivity contribution < 1.29 is 99.5 Å². The summed E-state index contributed by atoms with van der Waals surface area (Å²) < 4.78 is 106. The molecule has 1 aromatic rings. The van der Waals surface area contributed by atoms with Gasteiger partial charge in [-0.3, -0.25) is 19.3 Å². The molecule has 520 valence electrons. The molecule has 0 bridgehead atoms. The second-order valence-corrected chi connectivity index (χ2v) is 29.2. The molecule has 4 N–H and O–H groups in total. The van der Waals surface area contributed by atoms with Gasteiger partial charge in [-0.1, -0.05) is 71.8 Å². The molecule has 0 aromatic heterocycles. The predicted molar refractivity (Wildman–Crippen MR) is 334 cm³/mol. The van der Waals surface area contributed by atoms with Crippen LogP contribution in [-0.2, 0) is 86.1 Å². The number of cyclic esters (lactones) is 1. The Morgan fingerprint density at radius 3 is 2.11 bits per heavy atom. The highest BCUT2D eigenvalue weighted by Gasteiger charge is 2.53. The molecule has 0 aliphatic carbocycles. The van der Waals surface area contributed by atoms with Crippen molar-refractivity contribution in [1.29, 1.82) is 0 Å². The highest BCUT2D eigenvalue weighted by molar-refractivity contribution is 7.89. The SMILES string of the molecule is CON=C1C[C@@H](C)O[C@@H](OC2C(C)CC(C)(OC(=O)NC(C)(C)CNS(=O)(=O)c3ccccc3)C(=O)C(C)C(OC(=O)CC(C)C)C(C)C(C(C)CO[C@@H]3O[C@H](C)[C@@H](O)[C@@H](OC)[C@H]3OC)OC(=O)C(C)C(O[C@H]3CC(C)N(C4CCOCC4)C[C@H](C)O3)C2C)[C@@H]1O. The van der Waals surface area contributed by atoms with Gasteiger partial charge < -0.3 is 77.2 Å². The molecule has 25 nitrogen and oxygen atoms in total. The van der Waals surface area contributed by atoms with Crippen molar-refractivity contribution in [1.82, 2.24) is 14.9 Å². The number of methoxy groups -OCH3 is 2. The molecule has 0 saturated carbocycles. The minimum Gasteiger partial charge on any atom is -0.461 e. The van der Waals surface area contributed by atoms with Crippen LogP contribution in [0.25, 0.3) is 0 Å². The lowest BCUT2D eigenvalue weighted by Crippen LogP contribution is -2.59. The van der Waals surface area contributed by atoms with Crippen LogP contribution in [0.2, 0.25) is 0 Å². The van der Waals surface area contributed by atoms with E-state index in [4.69, 9.17) is 61.7 Å². The quantitative estimate of drug-likeness (QED) is 0.0595. The van der Waals surface area contributed by atoms with Crippen LogP contribution in [0.3, 0.4) is 0 Å². The first-order chi connectivity index (χ1) is 42.7. The number of ketones is 1. The van der Waals surface area contributed by atoms with E-state index in [9.17, 15) is 28.2 Å². The van der Waals surface area contributed by atoms with Gasteiger partial charge in [0, 0.05) is 89.6 Å². The van der Waals surface area contributed by atoms with E-state index in [-0.39, 0.29) is 67.1 Å².